The molecule has 0 spiro atoms. The van der Waals surface area contributed by atoms with E-state index in [1.807, 2.05) is 18.8 Å². The van der Waals surface area contributed by atoms with Crippen LogP contribution >= 0.6 is 11.8 Å². The zero-order chi connectivity index (χ0) is 11.5. The van der Waals surface area contributed by atoms with Crippen LogP contribution < -0.4 is 5.73 Å². The predicted molar refractivity (Wildman–Crippen MR) is 61.0 cm³/mol. The highest BCUT2D eigenvalue weighted by atomic mass is 32.2. The molecule has 1 aromatic rings. The molecule has 1 aromatic heterocycles. The average molecular weight is 244 g/mol. The fourth-order valence-corrected chi connectivity index (χ4v) is 2.79. The van der Waals surface area contributed by atoms with Gasteiger partial charge in [-0.2, -0.15) is 16.7 Å². The van der Waals surface area contributed by atoms with Gasteiger partial charge in [-0.1, -0.05) is 5.16 Å². The van der Waals surface area contributed by atoms with Crippen molar-refractivity contribution < 1.29 is 9.63 Å². The maximum atomic E-state index is 9.47. The first kappa shape index (κ1) is 11.8. The van der Waals surface area contributed by atoms with E-state index < -0.39 is 6.10 Å². The van der Waals surface area contributed by atoms with E-state index in [9.17, 15) is 5.11 Å². The summed E-state index contributed by atoms with van der Waals surface area (Å²) in [5, 5.41) is 13.4. The molecular formula is C9H16N4O2S. The summed E-state index contributed by atoms with van der Waals surface area (Å²) in [6, 6.07) is 0.168. The van der Waals surface area contributed by atoms with E-state index in [4.69, 9.17) is 10.3 Å². The monoisotopic (exact) mass is 244 g/mol. The highest BCUT2D eigenvalue weighted by Gasteiger charge is 2.26. The fraction of sp³-hybridized carbons (Fsp3) is 0.778. The molecule has 0 aromatic carbocycles. The maximum Gasteiger partial charge on any atom is 0.256 e. The molecule has 2 rings (SSSR count). The lowest BCUT2D eigenvalue weighted by Gasteiger charge is -2.29. The van der Waals surface area contributed by atoms with Crippen LogP contribution in [-0.4, -0.2) is 51.8 Å². The van der Waals surface area contributed by atoms with Gasteiger partial charge in [-0.3, -0.25) is 4.90 Å². The Labute approximate surface area is 98.2 Å². The molecule has 1 aliphatic rings. The molecule has 0 aliphatic carbocycles. The van der Waals surface area contributed by atoms with Gasteiger partial charge in [0.25, 0.3) is 5.89 Å². The van der Waals surface area contributed by atoms with Crippen molar-refractivity contribution in [3.8, 4) is 0 Å². The summed E-state index contributed by atoms with van der Waals surface area (Å²) in [5.41, 5.74) is 5.33. The second-order valence-corrected chi connectivity index (χ2v) is 4.96. The van der Waals surface area contributed by atoms with Gasteiger partial charge in [0.05, 0.1) is 6.04 Å². The first-order valence-corrected chi connectivity index (χ1v) is 6.37. The van der Waals surface area contributed by atoms with Crippen LogP contribution in [0.5, 0.6) is 0 Å². The summed E-state index contributed by atoms with van der Waals surface area (Å²) in [7, 11) is 2.04. The molecule has 1 fully saturated rings. The first-order valence-electron chi connectivity index (χ1n) is 5.22. The molecule has 3 N–H and O–H groups in total. The molecule has 1 saturated heterocycles. The molecule has 2 atom stereocenters. The van der Waals surface area contributed by atoms with E-state index in [-0.39, 0.29) is 18.5 Å². The molecule has 6 nitrogen and oxygen atoms in total. The zero-order valence-electron chi connectivity index (χ0n) is 9.17. The topological polar surface area (TPSA) is 88.4 Å². The van der Waals surface area contributed by atoms with Gasteiger partial charge >= 0.3 is 0 Å². The molecule has 7 heteroatoms. The van der Waals surface area contributed by atoms with Crippen LogP contribution in [0.3, 0.4) is 0 Å². The van der Waals surface area contributed by atoms with Crippen LogP contribution in [0.1, 0.15) is 23.9 Å². The third-order valence-electron chi connectivity index (χ3n) is 2.66. The minimum atomic E-state index is -0.859. The van der Waals surface area contributed by atoms with Gasteiger partial charge in [0.2, 0.25) is 0 Å². The molecule has 0 bridgehead atoms. The van der Waals surface area contributed by atoms with E-state index in [0.29, 0.717) is 5.82 Å². The zero-order valence-corrected chi connectivity index (χ0v) is 9.98. The number of hydrogen-bond donors (Lipinski definition) is 2. The van der Waals surface area contributed by atoms with E-state index >= 15 is 0 Å². The molecule has 16 heavy (non-hydrogen) atoms. The summed E-state index contributed by atoms with van der Waals surface area (Å²) < 4.78 is 4.99. The van der Waals surface area contributed by atoms with E-state index in [2.05, 4.69) is 15.0 Å². The predicted octanol–water partition coefficient (Wildman–Crippen LogP) is -0.219. The van der Waals surface area contributed by atoms with Gasteiger partial charge in [0, 0.05) is 24.6 Å². The Balaban J connectivity index is 2.11. The molecule has 0 amide bonds. The number of aliphatic hydroxyl groups excluding tert-OH is 1. The SMILES string of the molecule is CN1CCSCC1c1noc([C@@H](O)CN)n1. The lowest BCUT2D eigenvalue weighted by Crippen LogP contribution is -2.33. The number of aromatic nitrogens is 2. The van der Waals surface area contributed by atoms with Crippen molar-refractivity contribution in [3.63, 3.8) is 0 Å². The minimum absolute atomic E-state index is 0.0941. The third kappa shape index (κ3) is 2.37. The van der Waals surface area contributed by atoms with Crippen LogP contribution in [0.25, 0.3) is 0 Å². The first-order chi connectivity index (χ1) is 7.72. The summed E-state index contributed by atoms with van der Waals surface area (Å²) in [5.74, 6) is 2.93. The van der Waals surface area contributed by atoms with Gasteiger partial charge in [0.15, 0.2) is 5.82 Å². The lowest BCUT2D eigenvalue weighted by atomic mass is 10.2. The molecule has 0 saturated carbocycles. The summed E-state index contributed by atoms with van der Waals surface area (Å²) in [4.78, 5) is 6.39. The fourth-order valence-electron chi connectivity index (χ4n) is 1.58. The number of aliphatic hydroxyl groups is 1. The molecule has 1 aliphatic heterocycles. The van der Waals surface area contributed by atoms with Crippen molar-refractivity contribution in [2.45, 2.75) is 12.1 Å². The second-order valence-electron chi connectivity index (χ2n) is 3.81. The Kier molecular flexibility index (Phi) is 3.80. The summed E-state index contributed by atoms with van der Waals surface area (Å²) in [6.07, 6.45) is -0.859. The number of nitrogens with two attached hydrogens (primary N) is 1. The van der Waals surface area contributed by atoms with E-state index in [1.165, 1.54) is 0 Å². The van der Waals surface area contributed by atoms with Gasteiger partial charge in [-0.25, -0.2) is 0 Å². The van der Waals surface area contributed by atoms with Crippen LogP contribution in [0.2, 0.25) is 0 Å². The normalized spacial score (nSPS) is 24.6. The Morgan fingerprint density at radius 1 is 1.75 bits per heavy atom. The molecular weight excluding hydrogens is 228 g/mol. The lowest BCUT2D eigenvalue weighted by molar-refractivity contribution is 0.141. The smallest absolute Gasteiger partial charge is 0.256 e. The van der Waals surface area contributed by atoms with Crippen molar-refractivity contribution in [2.75, 3.05) is 31.6 Å². The minimum Gasteiger partial charge on any atom is -0.382 e. The standard InChI is InChI=1S/C9H16N4O2S/c1-13-2-3-16-5-6(13)8-11-9(15-12-8)7(14)4-10/h6-7,14H,2-5,10H2,1H3/t6?,7-/m0/s1. The van der Waals surface area contributed by atoms with Crippen molar-refractivity contribution in [1.82, 2.24) is 15.0 Å². The Morgan fingerprint density at radius 3 is 3.25 bits per heavy atom. The van der Waals surface area contributed by atoms with Crippen LogP contribution in [0.4, 0.5) is 0 Å². The molecule has 90 valence electrons. The van der Waals surface area contributed by atoms with Gasteiger partial charge in [0.1, 0.15) is 6.10 Å². The van der Waals surface area contributed by atoms with Crippen LogP contribution in [0.15, 0.2) is 4.52 Å². The van der Waals surface area contributed by atoms with Gasteiger partial charge < -0.3 is 15.4 Å². The Hall–Kier alpha value is -0.630. The number of thioether (sulfide) groups is 1. The average Bonchev–Trinajstić information content (AvgIpc) is 2.78. The Morgan fingerprint density at radius 2 is 2.56 bits per heavy atom. The molecule has 1 unspecified atom stereocenters. The summed E-state index contributed by atoms with van der Waals surface area (Å²) >= 11 is 1.87. The van der Waals surface area contributed by atoms with Crippen molar-refractivity contribution in [2.24, 2.45) is 5.73 Å². The molecule has 2 heterocycles. The van der Waals surface area contributed by atoms with E-state index in [1.54, 1.807) is 0 Å². The molecule has 0 radical (unpaired) electrons. The highest BCUT2D eigenvalue weighted by molar-refractivity contribution is 7.99. The van der Waals surface area contributed by atoms with Crippen molar-refractivity contribution in [3.05, 3.63) is 11.7 Å². The Bertz CT molecular complexity index is 346. The van der Waals surface area contributed by atoms with Crippen molar-refractivity contribution >= 4 is 11.8 Å². The third-order valence-corrected chi connectivity index (χ3v) is 3.68. The van der Waals surface area contributed by atoms with Crippen LogP contribution in [0, 0.1) is 0 Å². The van der Waals surface area contributed by atoms with Gasteiger partial charge in [-0.05, 0) is 7.05 Å². The quantitative estimate of drug-likeness (QED) is 0.760. The highest BCUT2D eigenvalue weighted by Crippen LogP contribution is 2.26. The summed E-state index contributed by atoms with van der Waals surface area (Å²) in [6.45, 7) is 1.11. The number of rotatable bonds is 3. The van der Waals surface area contributed by atoms with Crippen LogP contribution in [-0.2, 0) is 0 Å². The number of hydrogen-bond acceptors (Lipinski definition) is 7. The second kappa shape index (κ2) is 5.13. The largest absolute Gasteiger partial charge is 0.382 e. The van der Waals surface area contributed by atoms with Crippen molar-refractivity contribution in [1.29, 1.82) is 0 Å². The maximum absolute atomic E-state index is 9.47. The van der Waals surface area contributed by atoms with E-state index in [0.717, 1.165) is 18.1 Å². The van der Waals surface area contributed by atoms with Gasteiger partial charge in [-0.15, -0.1) is 0 Å². The number of nitrogens with zero attached hydrogens (tertiary/aromatic N) is 3.